The summed E-state index contributed by atoms with van der Waals surface area (Å²) < 4.78 is 0. The molecule has 1 saturated heterocycles. The van der Waals surface area contributed by atoms with Crippen molar-refractivity contribution in [3.63, 3.8) is 0 Å². The number of hydrogen-bond donors (Lipinski definition) is 3. The van der Waals surface area contributed by atoms with E-state index >= 15 is 0 Å². The maximum absolute atomic E-state index is 12.4. The van der Waals surface area contributed by atoms with Gasteiger partial charge in [0.25, 0.3) is 5.91 Å². The van der Waals surface area contributed by atoms with Crippen molar-refractivity contribution in [2.24, 2.45) is 5.16 Å². The fourth-order valence-electron chi connectivity index (χ4n) is 1.96. The molecule has 0 aliphatic carbocycles. The van der Waals surface area contributed by atoms with Crippen LogP contribution in [0.1, 0.15) is 12.6 Å². The van der Waals surface area contributed by atoms with E-state index < -0.39 is 29.8 Å². The molecule has 134 valence electrons. The molecule has 12 heteroatoms. The summed E-state index contributed by atoms with van der Waals surface area (Å²) in [4.78, 5) is 55.2. The van der Waals surface area contributed by atoms with Crippen molar-refractivity contribution in [2.75, 3.05) is 18.3 Å². The zero-order valence-corrected chi connectivity index (χ0v) is 14.7. The van der Waals surface area contributed by atoms with Crippen molar-refractivity contribution < 1.29 is 24.0 Å². The number of carbonyl (C=O) groups excluding carboxylic acids is 4. The number of Topliss-reactive ketones (excluding diaryl/α,β-unsaturated/α-hetero) is 1. The molecule has 2 rings (SSSR count). The lowest BCUT2D eigenvalue weighted by molar-refractivity contribution is -0.140. The Morgan fingerprint density at radius 2 is 2.20 bits per heavy atom. The Morgan fingerprint density at radius 1 is 1.48 bits per heavy atom. The van der Waals surface area contributed by atoms with Crippen LogP contribution in [0.4, 0.5) is 5.13 Å². The van der Waals surface area contributed by atoms with Crippen molar-refractivity contribution in [1.82, 2.24) is 15.6 Å². The van der Waals surface area contributed by atoms with Crippen molar-refractivity contribution in [3.05, 3.63) is 11.1 Å². The van der Waals surface area contributed by atoms with E-state index in [1.165, 1.54) is 19.4 Å². The predicted octanol–water partition coefficient (Wildman–Crippen LogP) is -0.757. The SMILES string of the molecule is CON=C(C(=O)N[C@@H]1C(=O)N[C@@H]1C(C)=O)c1csc(NC(=O)CCl)n1. The first-order valence-corrected chi connectivity index (χ1v) is 8.33. The first kappa shape index (κ1) is 18.8. The van der Waals surface area contributed by atoms with Gasteiger partial charge in [-0.3, -0.25) is 19.2 Å². The summed E-state index contributed by atoms with van der Waals surface area (Å²) >= 11 is 6.45. The maximum Gasteiger partial charge on any atom is 0.276 e. The van der Waals surface area contributed by atoms with E-state index in [0.29, 0.717) is 0 Å². The molecule has 0 saturated carbocycles. The second-order valence-electron chi connectivity index (χ2n) is 4.89. The van der Waals surface area contributed by atoms with Crippen LogP contribution in [0.25, 0.3) is 0 Å². The Hall–Kier alpha value is -2.53. The van der Waals surface area contributed by atoms with Crippen LogP contribution >= 0.6 is 22.9 Å². The predicted molar refractivity (Wildman–Crippen MR) is 89.6 cm³/mol. The summed E-state index contributed by atoms with van der Waals surface area (Å²) in [6.45, 7) is 1.31. The minimum absolute atomic E-state index is 0.133. The smallest absolute Gasteiger partial charge is 0.276 e. The Bertz CT molecular complexity index is 749. The van der Waals surface area contributed by atoms with Crippen molar-refractivity contribution in [3.8, 4) is 0 Å². The van der Waals surface area contributed by atoms with E-state index in [1.807, 2.05) is 0 Å². The minimum atomic E-state index is -0.985. The number of aromatic nitrogens is 1. The monoisotopic (exact) mass is 387 g/mol. The number of oxime groups is 1. The average molecular weight is 388 g/mol. The zero-order chi connectivity index (χ0) is 18.6. The number of carbonyl (C=O) groups is 4. The highest BCUT2D eigenvalue weighted by molar-refractivity contribution is 7.14. The molecule has 0 radical (unpaired) electrons. The number of hydrogen-bond acceptors (Lipinski definition) is 8. The number of halogens is 1. The number of ketones is 1. The average Bonchev–Trinajstić information content (AvgIpc) is 3.02. The molecule has 1 aromatic heterocycles. The van der Waals surface area contributed by atoms with Gasteiger partial charge >= 0.3 is 0 Å². The molecule has 3 amide bonds. The molecular weight excluding hydrogens is 374 g/mol. The number of amides is 3. The molecule has 0 bridgehead atoms. The number of rotatable bonds is 7. The van der Waals surface area contributed by atoms with Crippen LogP contribution in [0.3, 0.4) is 0 Å². The number of anilines is 1. The summed E-state index contributed by atoms with van der Waals surface area (Å²) in [7, 11) is 1.24. The van der Waals surface area contributed by atoms with Gasteiger partial charge in [-0.15, -0.1) is 22.9 Å². The number of alkyl halides is 1. The fourth-order valence-corrected chi connectivity index (χ4v) is 2.74. The molecule has 1 aliphatic heterocycles. The highest BCUT2D eigenvalue weighted by Gasteiger charge is 2.43. The first-order chi connectivity index (χ1) is 11.9. The van der Waals surface area contributed by atoms with E-state index in [2.05, 4.69) is 30.9 Å². The van der Waals surface area contributed by atoms with Crippen LogP contribution in [0.15, 0.2) is 10.5 Å². The number of β-lactam (4-membered cyclic amide) rings is 1. The van der Waals surface area contributed by atoms with E-state index in [0.717, 1.165) is 11.3 Å². The lowest BCUT2D eigenvalue weighted by atomic mass is 9.95. The summed E-state index contributed by atoms with van der Waals surface area (Å²) in [6, 6.07) is -1.77. The second-order valence-corrected chi connectivity index (χ2v) is 6.02. The van der Waals surface area contributed by atoms with Gasteiger partial charge in [-0.05, 0) is 6.92 Å². The number of thiazole rings is 1. The third-order valence-corrected chi connectivity index (χ3v) is 4.15. The molecule has 1 aromatic rings. The van der Waals surface area contributed by atoms with Gasteiger partial charge in [0.05, 0.1) is 0 Å². The molecule has 1 fully saturated rings. The highest BCUT2D eigenvalue weighted by Crippen LogP contribution is 2.17. The van der Waals surface area contributed by atoms with Crippen molar-refractivity contribution >= 4 is 57.3 Å². The zero-order valence-electron chi connectivity index (χ0n) is 13.2. The Morgan fingerprint density at radius 3 is 2.76 bits per heavy atom. The summed E-state index contributed by atoms with van der Waals surface area (Å²) in [5.41, 5.74) is -0.0690. The van der Waals surface area contributed by atoms with Gasteiger partial charge in [0, 0.05) is 5.38 Å². The van der Waals surface area contributed by atoms with E-state index in [4.69, 9.17) is 11.6 Å². The molecule has 0 unspecified atom stereocenters. The quantitative estimate of drug-likeness (QED) is 0.243. The van der Waals surface area contributed by atoms with Crippen LogP contribution in [0.2, 0.25) is 0 Å². The van der Waals surface area contributed by atoms with E-state index in [1.54, 1.807) is 0 Å². The minimum Gasteiger partial charge on any atom is -0.398 e. The largest absolute Gasteiger partial charge is 0.398 e. The molecule has 2 atom stereocenters. The molecule has 3 N–H and O–H groups in total. The Labute approximate surface area is 150 Å². The van der Waals surface area contributed by atoms with Crippen LogP contribution in [-0.4, -0.2) is 59.3 Å². The van der Waals surface area contributed by atoms with Gasteiger partial charge in [-0.25, -0.2) is 4.98 Å². The third kappa shape index (κ3) is 4.31. The highest BCUT2D eigenvalue weighted by atomic mass is 35.5. The summed E-state index contributed by atoms with van der Waals surface area (Å²) in [6.07, 6.45) is 0. The molecule has 2 heterocycles. The molecule has 0 spiro atoms. The Balaban J connectivity index is 2.14. The van der Waals surface area contributed by atoms with Crippen LogP contribution < -0.4 is 16.0 Å². The topological polar surface area (TPSA) is 139 Å². The van der Waals surface area contributed by atoms with Gasteiger partial charge in [0.2, 0.25) is 11.8 Å². The molecule has 10 nitrogen and oxygen atoms in total. The van der Waals surface area contributed by atoms with Gasteiger partial charge in [0.15, 0.2) is 16.6 Å². The first-order valence-electron chi connectivity index (χ1n) is 6.92. The fraction of sp³-hybridized carbons (Fsp3) is 0.385. The van der Waals surface area contributed by atoms with Crippen molar-refractivity contribution in [1.29, 1.82) is 0 Å². The molecule has 25 heavy (non-hydrogen) atoms. The van der Waals surface area contributed by atoms with Crippen molar-refractivity contribution in [2.45, 2.75) is 19.0 Å². The third-order valence-electron chi connectivity index (χ3n) is 3.15. The van der Waals surface area contributed by atoms with E-state index in [-0.39, 0.29) is 28.2 Å². The van der Waals surface area contributed by atoms with Gasteiger partial charge in [-0.2, -0.15) is 0 Å². The molecule has 1 aliphatic rings. The lowest BCUT2D eigenvalue weighted by Gasteiger charge is -2.35. The van der Waals surface area contributed by atoms with Gasteiger partial charge in [0.1, 0.15) is 30.8 Å². The normalized spacial score (nSPS) is 19.5. The molecule has 0 aromatic carbocycles. The second kappa shape index (κ2) is 8.03. The summed E-state index contributed by atoms with van der Waals surface area (Å²) in [5.74, 6) is -2.19. The molecular formula is C13H14ClN5O5S. The number of nitrogens with zero attached hydrogens (tertiary/aromatic N) is 2. The van der Waals surface area contributed by atoms with Crippen LogP contribution in [0.5, 0.6) is 0 Å². The van der Waals surface area contributed by atoms with Crippen LogP contribution in [-0.2, 0) is 24.0 Å². The van der Waals surface area contributed by atoms with Gasteiger partial charge in [-0.1, -0.05) is 5.16 Å². The van der Waals surface area contributed by atoms with Crippen LogP contribution in [0, 0.1) is 0 Å². The summed E-state index contributed by atoms with van der Waals surface area (Å²) in [5, 5.41) is 12.6. The maximum atomic E-state index is 12.4. The Kier molecular flexibility index (Phi) is 6.04. The standard InChI is InChI=1S/C13H14ClN5O5S/c1-5(20)8-10(12(23)17-8)18-11(22)9(19-24-2)6-4-25-13(15-6)16-7(21)3-14/h4,8,10H,3H2,1-2H3,(H,17,23)(H,18,22)(H,15,16,21)/t8-,10+/m1/s1. The van der Waals surface area contributed by atoms with E-state index in [9.17, 15) is 19.2 Å². The lowest BCUT2D eigenvalue weighted by Crippen LogP contribution is -2.72. The number of nitrogens with one attached hydrogen (secondary N) is 3. The van der Waals surface area contributed by atoms with Gasteiger partial charge < -0.3 is 20.8 Å².